The normalized spacial score (nSPS) is 11.0. The topological polar surface area (TPSA) is 15.3 Å². The van der Waals surface area contributed by atoms with Gasteiger partial charge in [-0.3, -0.25) is 0 Å². The van der Waals surface area contributed by atoms with Crippen molar-refractivity contribution in [2.45, 2.75) is 13.5 Å². The second-order valence-electron chi connectivity index (χ2n) is 4.03. The number of rotatable bonds is 5. The first-order valence-electron chi connectivity index (χ1n) is 5.20. The number of aryl methyl sites for hydroxylation is 1. The van der Waals surface area contributed by atoms with Crippen LogP contribution in [0, 0.1) is 6.92 Å². The molecule has 0 atom stereocenters. The lowest BCUT2D eigenvalue weighted by Crippen LogP contribution is -2.26. The molecule has 0 bridgehead atoms. The summed E-state index contributed by atoms with van der Waals surface area (Å²) in [5, 5.41) is 3.43. The summed E-state index contributed by atoms with van der Waals surface area (Å²) in [7, 11) is 4.18. The summed E-state index contributed by atoms with van der Waals surface area (Å²) in [6.07, 6.45) is 0. The molecule has 0 spiro atoms. The number of hydrogen-bond acceptors (Lipinski definition) is 2. The fraction of sp³-hybridized carbons (Fsp3) is 0.500. The molecule has 0 fully saturated rings. The minimum absolute atomic E-state index is 0.927. The fourth-order valence-electron chi connectivity index (χ4n) is 1.37. The Morgan fingerprint density at radius 1 is 1.33 bits per heavy atom. The molecule has 0 radical (unpaired) electrons. The molecule has 1 aromatic rings. The summed E-state index contributed by atoms with van der Waals surface area (Å²) in [6, 6.07) is 6.37. The number of likely N-dealkylation sites (N-methyl/N-ethyl adjacent to an activating group) is 1. The van der Waals surface area contributed by atoms with E-state index in [1.54, 1.807) is 0 Å². The van der Waals surface area contributed by atoms with Gasteiger partial charge in [-0.15, -0.1) is 0 Å². The number of benzene rings is 1. The van der Waals surface area contributed by atoms with Crippen molar-refractivity contribution in [3.05, 3.63) is 33.8 Å². The summed E-state index contributed by atoms with van der Waals surface area (Å²) in [4.78, 5) is 2.18. The molecule has 2 nitrogen and oxygen atoms in total. The van der Waals surface area contributed by atoms with Crippen molar-refractivity contribution in [3.63, 3.8) is 0 Å². The van der Waals surface area contributed by atoms with Crippen molar-refractivity contribution in [1.82, 2.24) is 10.2 Å². The van der Waals surface area contributed by atoms with E-state index < -0.39 is 0 Å². The summed E-state index contributed by atoms with van der Waals surface area (Å²) in [6.45, 7) is 5.14. The van der Waals surface area contributed by atoms with Gasteiger partial charge in [0.2, 0.25) is 0 Å². The maximum Gasteiger partial charge on any atom is 0.0249 e. The van der Waals surface area contributed by atoms with E-state index >= 15 is 0 Å². The summed E-state index contributed by atoms with van der Waals surface area (Å²) < 4.78 is 1.22. The lowest BCUT2D eigenvalue weighted by atomic mass is 10.1. The third kappa shape index (κ3) is 4.33. The lowest BCUT2D eigenvalue weighted by molar-refractivity contribution is 0.400. The zero-order chi connectivity index (χ0) is 11.3. The van der Waals surface area contributed by atoms with Crippen LogP contribution in [0.3, 0.4) is 0 Å². The van der Waals surface area contributed by atoms with Gasteiger partial charge in [-0.25, -0.2) is 0 Å². The molecule has 0 aliphatic carbocycles. The Morgan fingerprint density at radius 3 is 2.73 bits per heavy atom. The van der Waals surface area contributed by atoms with E-state index in [0.717, 1.165) is 19.6 Å². The van der Waals surface area contributed by atoms with Crippen LogP contribution in [0.4, 0.5) is 0 Å². The Morgan fingerprint density at radius 2 is 2.07 bits per heavy atom. The van der Waals surface area contributed by atoms with Crippen LogP contribution in [-0.2, 0) is 6.54 Å². The molecular formula is C12H19BrN2. The van der Waals surface area contributed by atoms with Crippen molar-refractivity contribution in [2.75, 3.05) is 27.2 Å². The zero-order valence-electron chi connectivity index (χ0n) is 9.68. The summed E-state index contributed by atoms with van der Waals surface area (Å²) >= 11 is 3.61. The number of nitrogens with zero attached hydrogens (tertiary/aromatic N) is 1. The van der Waals surface area contributed by atoms with Crippen LogP contribution in [0.1, 0.15) is 11.1 Å². The largest absolute Gasteiger partial charge is 0.311 e. The number of halogens is 1. The van der Waals surface area contributed by atoms with Gasteiger partial charge in [-0.05, 0) is 32.1 Å². The molecule has 1 N–H and O–H groups in total. The van der Waals surface area contributed by atoms with Gasteiger partial charge < -0.3 is 10.2 Å². The molecule has 0 amide bonds. The Bertz CT molecular complexity index is 310. The van der Waals surface area contributed by atoms with E-state index in [-0.39, 0.29) is 0 Å². The van der Waals surface area contributed by atoms with E-state index in [9.17, 15) is 0 Å². The highest BCUT2D eigenvalue weighted by Crippen LogP contribution is 2.20. The SMILES string of the molecule is Cc1cccc(CNCCN(C)C)c1Br. The molecule has 0 aliphatic heterocycles. The fourth-order valence-corrected chi connectivity index (χ4v) is 1.77. The zero-order valence-corrected chi connectivity index (χ0v) is 11.3. The third-order valence-electron chi connectivity index (χ3n) is 2.32. The molecule has 0 unspecified atom stereocenters. The molecule has 84 valence electrons. The predicted octanol–water partition coefficient (Wildman–Crippen LogP) is 2.41. The Kier molecular flexibility index (Phi) is 5.29. The van der Waals surface area contributed by atoms with E-state index in [2.05, 4.69) is 65.4 Å². The molecule has 1 rings (SSSR count). The van der Waals surface area contributed by atoms with Gasteiger partial charge in [0.15, 0.2) is 0 Å². The summed E-state index contributed by atoms with van der Waals surface area (Å²) in [5.74, 6) is 0. The standard InChI is InChI=1S/C12H19BrN2/c1-10-5-4-6-11(12(10)13)9-14-7-8-15(2)3/h4-6,14H,7-9H2,1-3H3. The lowest BCUT2D eigenvalue weighted by Gasteiger charge is -2.11. The van der Waals surface area contributed by atoms with Gasteiger partial charge >= 0.3 is 0 Å². The average molecular weight is 271 g/mol. The van der Waals surface area contributed by atoms with Crippen LogP contribution in [0.2, 0.25) is 0 Å². The van der Waals surface area contributed by atoms with E-state index in [0.29, 0.717) is 0 Å². The molecular weight excluding hydrogens is 252 g/mol. The van der Waals surface area contributed by atoms with Gasteiger partial charge in [0, 0.05) is 24.1 Å². The molecule has 0 aromatic heterocycles. The van der Waals surface area contributed by atoms with Crippen molar-refractivity contribution >= 4 is 15.9 Å². The van der Waals surface area contributed by atoms with Crippen molar-refractivity contribution in [3.8, 4) is 0 Å². The molecule has 0 saturated carbocycles. The molecule has 3 heteroatoms. The van der Waals surface area contributed by atoms with Crippen LogP contribution in [0.5, 0.6) is 0 Å². The third-order valence-corrected chi connectivity index (χ3v) is 3.46. The van der Waals surface area contributed by atoms with Gasteiger partial charge in [0.1, 0.15) is 0 Å². The van der Waals surface area contributed by atoms with Gasteiger partial charge in [-0.2, -0.15) is 0 Å². The average Bonchev–Trinajstić information content (AvgIpc) is 2.18. The van der Waals surface area contributed by atoms with E-state index in [1.807, 2.05) is 0 Å². The minimum atomic E-state index is 0.927. The number of hydrogen-bond donors (Lipinski definition) is 1. The molecule has 0 aliphatic rings. The Balaban J connectivity index is 2.41. The highest BCUT2D eigenvalue weighted by atomic mass is 79.9. The highest BCUT2D eigenvalue weighted by molar-refractivity contribution is 9.10. The van der Waals surface area contributed by atoms with Crippen LogP contribution in [-0.4, -0.2) is 32.1 Å². The quantitative estimate of drug-likeness (QED) is 0.827. The maximum atomic E-state index is 3.61. The predicted molar refractivity (Wildman–Crippen MR) is 69.1 cm³/mol. The van der Waals surface area contributed by atoms with E-state index in [4.69, 9.17) is 0 Å². The Labute approximate surface area is 101 Å². The van der Waals surface area contributed by atoms with E-state index in [1.165, 1.54) is 15.6 Å². The summed E-state index contributed by atoms with van der Waals surface area (Å²) in [5.41, 5.74) is 2.62. The first kappa shape index (κ1) is 12.7. The first-order valence-corrected chi connectivity index (χ1v) is 6.00. The van der Waals surface area contributed by atoms with Gasteiger partial charge in [0.25, 0.3) is 0 Å². The van der Waals surface area contributed by atoms with Crippen molar-refractivity contribution in [1.29, 1.82) is 0 Å². The van der Waals surface area contributed by atoms with Gasteiger partial charge in [0.05, 0.1) is 0 Å². The Hall–Kier alpha value is -0.380. The molecule has 0 saturated heterocycles. The smallest absolute Gasteiger partial charge is 0.0249 e. The first-order chi connectivity index (χ1) is 7.11. The second-order valence-corrected chi connectivity index (χ2v) is 4.82. The molecule has 0 heterocycles. The molecule has 15 heavy (non-hydrogen) atoms. The molecule has 1 aromatic carbocycles. The number of nitrogens with one attached hydrogen (secondary N) is 1. The van der Waals surface area contributed by atoms with Crippen LogP contribution >= 0.6 is 15.9 Å². The van der Waals surface area contributed by atoms with Crippen molar-refractivity contribution < 1.29 is 0 Å². The monoisotopic (exact) mass is 270 g/mol. The van der Waals surface area contributed by atoms with Crippen LogP contribution < -0.4 is 5.32 Å². The van der Waals surface area contributed by atoms with Crippen molar-refractivity contribution in [2.24, 2.45) is 0 Å². The van der Waals surface area contributed by atoms with Gasteiger partial charge in [-0.1, -0.05) is 34.1 Å². The minimum Gasteiger partial charge on any atom is -0.311 e. The van der Waals surface area contributed by atoms with Crippen LogP contribution in [0.15, 0.2) is 22.7 Å². The highest BCUT2D eigenvalue weighted by Gasteiger charge is 2.01. The van der Waals surface area contributed by atoms with Crippen LogP contribution in [0.25, 0.3) is 0 Å². The second kappa shape index (κ2) is 6.26. The maximum absolute atomic E-state index is 3.61.